The molecule has 0 saturated carbocycles. The third kappa shape index (κ3) is 3.71. The van der Waals surface area contributed by atoms with Crippen LogP contribution in [0.15, 0.2) is 24.3 Å². The highest BCUT2D eigenvalue weighted by Gasteiger charge is 2.28. The second-order valence-electron chi connectivity index (χ2n) is 7.22. The molecule has 1 saturated heterocycles. The lowest BCUT2D eigenvalue weighted by molar-refractivity contribution is 0.166. The van der Waals surface area contributed by atoms with Crippen molar-refractivity contribution in [3.63, 3.8) is 0 Å². The average Bonchev–Trinajstić information content (AvgIpc) is 3.26. The predicted molar refractivity (Wildman–Crippen MR) is 98.1 cm³/mol. The number of rotatable bonds is 6. The highest BCUT2D eigenvalue weighted by molar-refractivity contribution is 5.28. The summed E-state index contributed by atoms with van der Waals surface area (Å²) < 4.78 is 8.34. The monoisotopic (exact) mass is 340 g/mol. The summed E-state index contributed by atoms with van der Waals surface area (Å²) in [6.07, 6.45) is 5.83. The Morgan fingerprint density at radius 2 is 2.16 bits per heavy atom. The van der Waals surface area contributed by atoms with Gasteiger partial charge >= 0.3 is 0 Å². The molecule has 5 nitrogen and oxygen atoms in total. The van der Waals surface area contributed by atoms with E-state index < -0.39 is 0 Å². The molecule has 0 unspecified atom stereocenters. The second-order valence-corrected chi connectivity index (χ2v) is 7.22. The Morgan fingerprint density at radius 1 is 1.20 bits per heavy atom. The predicted octanol–water partition coefficient (Wildman–Crippen LogP) is 3.05. The number of piperidine rings is 1. The molecule has 2 aromatic rings. The van der Waals surface area contributed by atoms with Gasteiger partial charge in [-0.05, 0) is 49.9 Å². The van der Waals surface area contributed by atoms with Gasteiger partial charge in [-0.1, -0.05) is 19.1 Å². The number of aryl methyl sites for hydroxylation is 2. The first-order chi connectivity index (χ1) is 12.3. The Hall–Kier alpha value is -1.88. The summed E-state index contributed by atoms with van der Waals surface area (Å²) >= 11 is 0. The van der Waals surface area contributed by atoms with E-state index >= 15 is 0 Å². The molecular weight excluding hydrogens is 312 g/mol. The van der Waals surface area contributed by atoms with Crippen molar-refractivity contribution in [3.05, 3.63) is 41.5 Å². The van der Waals surface area contributed by atoms with E-state index in [1.165, 1.54) is 36.5 Å². The molecule has 1 fully saturated rings. The molecule has 5 heteroatoms. The van der Waals surface area contributed by atoms with Gasteiger partial charge in [0.2, 0.25) is 0 Å². The van der Waals surface area contributed by atoms with Crippen LogP contribution in [0.4, 0.5) is 0 Å². The van der Waals surface area contributed by atoms with Gasteiger partial charge in [0.15, 0.2) is 0 Å². The van der Waals surface area contributed by atoms with Crippen LogP contribution in [0.3, 0.4) is 0 Å². The molecule has 0 N–H and O–H groups in total. The maximum absolute atomic E-state index is 5.98. The summed E-state index contributed by atoms with van der Waals surface area (Å²) in [7, 11) is 0. The van der Waals surface area contributed by atoms with Crippen LogP contribution in [-0.4, -0.2) is 45.9 Å². The summed E-state index contributed by atoms with van der Waals surface area (Å²) in [5.74, 6) is 3.92. The smallest absolute Gasteiger partial charge is 0.137 e. The molecule has 2 aliphatic rings. The summed E-state index contributed by atoms with van der Waals surface area (Å²) in [4.78, 5) is 2.52. The van der Waals surface area contributed by atoms with E-state index in [-0.39, 0.29) is 0 Å². The lowest BCUT2D eigenvalue weighted by Gasteiger charge is -2.32. The van der Waals surface area contributed by atoms with Crippen molar-refractivity contribution < 1.29 is 4.74 Å². The van der Waals surface area contributed by atoms with Gasteiger partial charge in [-0.2, -0.15) is 0 Å². The molecule has 0 radical (unpaired) electrons. The van der Waals surface area contributed by atoms with Crippen LogP contribution in [-0.2, 0) is 19.4 Å². The first-order valence-electron chi connectivity index (χ1n) is 9.69. The van der Waals surface area contributed by atoms with Crippen molar-refractivity contribution in [1.29, 1.82) is 0 Å². The third-order valence-electron chi connectivity index (χ3n) is 5.49. The molecule has 0 bridgehead atoms. The molecule has 0 aliphatic carbocycles. The molecule has 25 heavy (non-hydrogen) atoms. The first-order valence-corrected chi connectivity index (χ1v) is 9.69. The number of likely N-dealkylation sites (tertiary alicyclic amines) is 1. The first kappa shape index (κ1) is 16.6. The van der Waals surface area contributed by atoms with Crippen molar-refractivity contribution in [3.8, 4) is 5.75 Å². The second kappa shape index (κ2) is 7.56. The van der Waals surface area contributed by atoms with Crippen LogP contribution in [0.25, 0.3) is 0 Å². The quantitative estimate of drug-likeness (QED) is 0.811. The minimum atomic E-state index is 0.525. The zero-order chi connectivity index (χ0) is 17.1. The third-order valence-corrected chi connectivity index (χ3v) is 5.49. The number of nitrogens with zero attached hydrogens (tertiary/aromatic N) is 4. The topological polar surface area (TPSA) is 43.2 Å². The number of fused-ring (bicyclic) bond motifs is 1. The molecule has 1 atom stereocenters. The number of hydrogen-bond acceptors (Lipinski definition) is 4. The number of aromatic nitrogens is 3. The van der Waals surface area contributed by atoms with E-state index in [1.54, 1.807) is 0 Å². The van der Waals surface area contributed by atoms with Crippen LogP contribution in [0, 0.1) is 0 Å². The van der Waals surface area contributed by atoms with E-state index in [9.17, 15) is 0 Å². The van der Waals surface area contributed by atoms with Crippen LogP contribution in [0.2, 0.25) is 0 Å². The van der Waals surface area contributed by atoms with Crippen LogP contribution in [0.5, 0.6) is 5.75 Å². The van der Waals surface area contributed by atoms with Crippen molar-refractivity contribution >= 4 is 0 Å². The normalized spacial score (nSPS) is 20.6. The molecule has 1 aromatic carbocycles. The summed E-state index contributed by atoms with van der Waals surface area (Å²) in [6, 6.07) is 8.44. The van der Waals surface area contributed by atoms with Crippen LogP contribution >= 0.6 is 0 Å². The van der Waals surface area contributed by atoms with Gasteiger partial charge in [0.1, 0.15) is 24.0 Å². The number of benzene rings is 1. The van der Waals surface area contributed by atoms with Crippen LogP contribution in [0.1, 0.15) is 49.3 Å². The van der Waals surface area contributed by atoms with Gasteiger partial charge in [0, 0.05) is 32.0 Å². The van der Waals surface area contributed by atoms with Crippen LogP contribution < -0.4 is 4.74 Å². The Labute approximate surface area is 150 Å². The van der Waals surface area contributed by atoms with Gasteiger partial charge in [0.05, 0.1) is 0 Å². The van der Waals surface area contributed by atoms with E-state index in [0.717, 1.165) is 51.4 Å². The Morgan fingerprint density at radius 3 is 3.08 bits per heavy atom. The van der Waals surface area contributed by atoms with Gasteiger partial charge in [-0.3, -0.25) is 4.90 Å². The number of hydrogen-bond donors (Lipinski definition) is 0. The summed E-state index contributed by atoms with van der Waals surface area (Å²) in [5, 5.41) is 8.88. The molecule has 4 rings (SSSR count). The molecular formula is C20H28N4O. The summed E-state index contributed by atoms with van der Waals surface area (Å²) in [5.41, 5.74) is 1.33. The molecule has 2 aliphatic heterocycles. The SMILES string of the molecule is CCc1cccc(OCCN2CCC[C@H](c3nnc4n3CCC4)C2)c1. The molecule has 0 spiro atoms. The molecule has 134 valence electrons. The van der Waals surface area contributed by atoms with Crippen molar-refractivity contribution in [2.24, 2.45) is 0 Å². The highest BCUT2D eigenvalue weighted by Crippen LogP contribution is 2.28. The van der Waals surface area contributed by atoms with Crippen molar-refractivity contribution in [2.45, 2.75) is 51.5 Å². The van der Waals surface area contributed by atoms with Crippen molar-refractivity contribution in [2.75, 3.05) is 26.2 Å². The summed E-state index contributed by atoms with van der Waals surface area (Å²) in [6.45, 7) is 7.25. The minimum absolute atomic E-state index is 0.525. The molecule has 0 amide bonds. The largest absolute Gasteiger partial charge is 0.492 e. The Bertz CT molecular complexity index is 711. The lowest BCUT2D eigenvalue weighted by atomic mass is 9.97. The van der Waals surface area contributed by atoms with E-state index in [2.05, 4.69) is 50.9 Å². The fraction of sp³-hybridized carbons (Fsp3) is 0.600. The van der Waals surface area contributed by atoms with E-state index in [1.807, 2.05) is 0 Å². The van der Waals surface area contributed by atoms with Gasteiger partial charge < -0.3 is 9.30 Å². The molecule has 1 aromatic heterocycles. The lowest BCUT2D eigenvalue weighted by Crippen LogP contribution is -2.37. The van der Waals surface area contributed by atoms with Gasteiger partial charge in [0.25, 0.3) is 0 Å². The molecule has 3 heterocycles. The maximum atomic E-state index is 5.98. The maximum Gasteiger partial charge on any atom is 0.137 e. The van der Waals surface area contributed by atoms with Gasteiger partial charge in [-0.15, -0.1) is 10.2 Å². The van der Waals surface area contributed by atoms with E-state index in [0.29, 0.717) is 5.92 Å². The average molecular weight is 340 g/mol. The fourth-order valence-electron chi connectivity index (χ4n) is 4.09. The van der Waals surface area contributed by atoms with E-state index in [4.69, 9.17) is 4.74 Å². The van der Waals surface area contributed by atoms with Crippen molar-refractivity contribution in [1.82, 2.24) is 19.7 Å². The van der Waals surface area contributed by atoms with Gasteiger partial charge in [-0.25, -0.2) is 0 Å². The highest BCUT2D eigenvalue weighted by atomic mass is 16.5. The Kier molecular flexibility index (Phi) is 5.02. The Balaban J connectivity index is 1.31. The standard InChI is InChI=1S/C20H28N4O/c1-2-16-6-3-8-18(14-16)25-13-12-23-10-4-7-17(15-23)20-22-21-19-9-5-11-24(19)20/h3,6,8,14,17H,2,4-5,7,9-13,15H2,1H3/t17-/m0/s1. The fourth-order valence-corrected chi connectivity index (χ4v) is 4.09. The zero-order valence-electron chi connectivity index (χ0n) is 15.2. The zero-order valence-corrected chi connectivity index (χ0v) is 15.2. The number of ether oxygens (including phenoxy) is 1. The minimum Gasteiger partial charge on any atom is -0.492 e.